The van der Waals surface area contributed by atoms with Crippen LogP contribution in [0.5, 0.6) is 0 Å². The normalized spacial score (nSPS) is 40.5. The quantitative estimate of drug-likeness (QED) is 0.664. The molecular formula is C16H24O2. The lowest BCUT2D eigenvalue weighted by molar-refractivity contribution is -0.137. The fourth-order valence-electron chi connectivity index (χ4n) is 4.29. The van der Waals surface area contributed by atoms with Crippen LogP contribution in [0.15, 0.2) is 11.6 Å². The summed E-state index contributed by atoms with van der Waals surface area (Å²) in [5.41, 5.74) is 1.54. The average molecular weight is 248 g/mol. The van der Waals surface area contributed by atoms with Crippen LogP contribution in [0.4, 0.5) is 0 Å². The standard InChI is InChI=1S/C16H24O2/c1-18-16-14-9-5-3-7-12(14)10-11-6-2-4-8-13(11)15(16)17/h10-11,13-14,16H,2-9H2,1H3/t11-,13+,14-,16-/m0/s1. The van der Waals surface area contributed by atoms with Gasteiger partial charge in [0.1, 0.15) is 6.10 Å². The first kappa shape index (κ1) is 12.4. The summed E-state index contributed by atoms with van der Waals surface area (Å²) in [4.78, 5) is 12.7. The average Bonchev–Trinajstić information content (AvgIpc) is 2.53. The molecule has 0 aliphatic heterocycles. The van der Waals surface area contributed by atoms with Crippen molar-refractivity contribution < 1.29 is 9.53 Å². The monoisotopic (exact) mass is 248 g/mol. The second-order valence-corrected chi connectivity index (χ2v) is 6.21. The Hall–Kier alpha value is -0.630. The zero-order valence-corrected chi connectivity index (χ0v) is 11.4. The molecular weight excluding hydrogens is 224 g/mol. The van der Waals surface area contributed by atoms with E-state index in [2.05, 4.69) is 6.08 Å². The summed E-state index contributed by atoms with van der Waals surface area (Å²) in [7, 11) is 1.72. The van der Waals surface area contributed by atoms with Crippen LogP contribution in [0, 0.1) is 17.8 Å². The molecule has 2 saturated carbocycles. The Morgan fingerprint density at radius 1 is 1.06 bits per heavy atom. The molecule has 4 atom stereocenters. The summed E-state index contributed by atoms with van der Waals surface area (Å²) in [5, 5.41) is 0. The van der Waals surface area contributed by atoms with Gasteiger partial charge in [-0.3, -0.25) is 4.79 Å². The van der Waals surface area contributed by atoms with Gasteiger partial charge >= 0.3 is 0 Å². The molecule has 3 rings (SSSR count). The van der Waals surface area contributed by atoms with Crippen LogP contribution >= 0.6 is 0 Å². The van der Waals surface area contributed by atoms with Gasteiger partial charge in [-0.2, -0.15) is 0 Å². The number of Topliss-reactive ketones (excluding diaryl/α,β-unsaturated/α-hetero) is 1. The van der Waals surface area contributed by atoms with E-state index in [0.717, 1.165) is 12.8 Å². The third-order valence-electron chi connectivity index (χ3n) is 5.22. The number of allylic oxidation sites excluding steroid dienone is 1. The molecule has 100 valence electrons. The van der Waals surface area contributed by atoms with Gasteiger partial charge in [-0.1, -0.05) is 30.9 Å². The number of fused-ring (bicyclic) bond motifs is 2. The molecule has 0 radical (unpaired) electrons. The lowest BCUT2D eigenvalue weighted by atomic mass is 9.76. The maximum absolute atomic E-state index is 12.7. The molecule has 0 unspecified atom stereocenters. The van der Waals surface area contributed by atoms with E-state index < -0.39 is 0 Å². The van der Waals surface area contributed by atoms with Gasteiger partial charge in [0.05, 0.1) is 0 Å². The van der Waals surface area contributed by atoms with E-state index in [4.69, 9.17) is 4.74 Å². The smallest absolute Gasteiger partial charge is 0.165 e. The first-order valence-corrected chi connectivity index (χ1v) is 7.58. The third-order valence-corrected chi connectivity index (χ3v) is 5.22. The van der Waals surface area contributed by atoms with E-state index in [1.165, 1.54) is 44.1 Å². The molecule has 18 heavy (non-hydrogen) atoms. The zero-order chi connectivity index (χ0) is 12.5. The first-order chi connectivity index (χ1) is 8.81. The van der Waals surface area contributed by atoms with Crippen molar-refractivity contribution in [3.63, 3.8) is 0 Å². The van der Waals surface area contributed by atoms with Crippen LogP contribution < -0.4 is 0 Å². The number of carbonyl (C=O) groups is 1. The number of rotatable bonds is 1. The van der Waals surface area contributed by atoms with Gasteiger partial charge in [0.2, 0.25) is 0 Å². The Kier molecular flexibility index (Phi) is 3.56. The molecule has 0 aromatic heterocycles. The van der Waals surface area contributed by atoms with Crippen molar-refractivity contribution in [2.24, 2.45) is 17.8 Å². The molecule has 0 N–H and O–H groups in total. The number of methoxy groups -OCH3 is 1. The number of carbonyl (C=O) groups excluding carboxylic acids is 1. The van der Waals surface area contributed by atoms with Crippen LogP contribution in [0.3, 0.4) is 0 Å². The lowest BCUT2D eigenvalue weighted by Gasteiger charge is -2.31. The van der Waals surface area contributed by atoms with Crippen molar-refractivity contribution in [3.05, 3.63) is 11.6 Å². The zero-order valence-electron chi connectivity index (χ0n) is 11.4. The Balaban J connectivity index is 1.94. The molecule has 0 saturated heterocycles. The molecule has 0 amide bonds. The largest absolute Gasteiger partial charge is 0.373 e. The van der Waals surface area contributed by atoms with Gasteiger partial charge < -0.3 is 4.74 Å². The van der Waals surface area contributed by atoms with E-state index in [0.29, 0.717) is 17.6 Å². The SMILES string of the molecule is CO[C@@H]1C(=O)[C@@H]2CCCC[C@H]2C=C2CCCC[C@@H]21. The summed E-state index contributed by atoms with van der Waals surface area (Å²) in [6.07, 6.45) is 12.0. The molecule has 0 aromatic carbocycles. The van der Waals surface area contributed by atoms with E-state index in [9.17, 15) is 4.79 Å². The minimum atomic E-state index is -0.148. The maximum Gasteiger partial charge on any atom is 0.165 e. The predicted molar refractivity (Wildman–Crippen MR) is 71.3 cm³/mol. The molecule has 0 heterocycles. The molecule has 3 aliphatic rings. The maximum atomic E-state index is 12.7. The van der Waals surface area contributed by atoms with Crippen molar-refractivity contribution >= 4 is 5.78 Å². The Labute approximate surface area is 110 Å². The van der Waals surface area contributed by atoms with E-state index in [1.807, 2.05) is 0 Å². The highest BCUT2D eigenvalue weighted by Gasteiger charge is 2.42. The highest BCUT2D eigenvalue weighted by Crippen LogP contribution is 2.43. The minimum Gasteiger partial charge on any atom is -0.373 e. The van der Waals surface area contributed by atoms with Gasteiger partial charge in [-0.25, -0.2) is 0 Å². The van der Waals surface area contributed by atoms with Gasteiger partial charge in [-0.15, -0.1) is 0 Å². The van der Waals surface area contributed by atoms with Crippen molar-refractivity contribution in [2.75, 3.05) is 7.11 Å². The van der Waals surface area contributed by atoms with Crippen LogP contribution in [0.2, 0.25) is 0 Å². The van der Waals surface area contributed by atoms with Crippen molar-refractivity contribution in [2.45, 2.75) is 57.5 Å². The molecule has 2 nitrogen and oxygen atoms in total. The van der Waals surface area contributed by atoms with Gasteiger partial charge in [0, 0.05) is 18.9 Å². The second kappa shape index (κ2) is 5.16. The van der Waals surface area contributed by atoms with E-state index in [1.54, 1.807) is 7.11 Å². The van der Waals surface area contributed by atoms with Crippen LogP contribution in [0.1, 0.15) is 51.4 Å². The highest BCUT2D eigenvalue weighted by molar-refractivity contribution is 5.87. The predicted octanol–water partition coefficient (Wildman–Crippen LogP) is 3.51. The number of hydrogen-bond donors (Lipinski definition) is 0. The molecule has 2 fully saturated rings. The number of ether oxygens (including phenoxy) is 1. The van der Waals surface area contributed by atoms with Crippen LogP contribution in [0.25, 0.3) is 0 Å². The van der Waals surface area contributed by atoms with Gasteiger partial charge in [0.25, 0.3) is 0 Å². The Morgan fingerprint density at radius 2 is 1.78 bits per heavy atom. The number of ketones is 1. The van der Waals surface area contributed by atoms with E-state index >= 15 is 0 Å². The second-order valence-electron chi connectivity index (χ2n) is 6.21. The summed E-state index contributed by atoms with van der Waals surface area (Å²) in [6.45, 7) is 0. The fourth-order valence-corrected chi connectivity index (χ4v) is 4.29. The third kappa shape index (κ3) is 2.05. The van der Waals surface area contributed by atoms with Crippen molar-refractivity contribution in [1.29, 1.82) is 0 Å². The summed E-state index contributed by atoms with van der Waals surface area (Å²) in [5.74, 6) is 1.56. The number of hydrogen-bond acceptors (Lipinski definition) is 2. The fraction of sp³-hybridized carbons (Fsp3) is 0.812. The van der Waals surface area contributed by atoms with E-state index in [-0.39, 0.29) is 12.0 Å². The first-order valence-electron chi connectivity index (χ1n) is 7.58. The van der Waals surface area contributed by atoms with Gasteiger partial charge in [0.15, 0.2) is 5.78 Å². The van der Waals surface area contributed by atoms with Gasteiger partial charge in [-0.05, 0) is 38.0 Å². The molecule has 0 aromatic rings. The van der Waals surface area contributed by atoms with Crippen molar-refractivity contribution in [1.82, 2.24) is 0 Å². The Morgan fingerprint density at radius 3 is 2.61 bits per heavy atom. The minimum absolute atomic E-state index is 0.148. The highest BCUT2D eigenvalue weighted by atomic mass is 16.5. The Bertz CT molecular complexity index is 358. The molecule has 2 heteroatoms. The molecule has 3 aliphatic carbocycles. The summed E-state index contributed by atoms with van der Waals surface area (Å²) >= 11 is 0. The molecule has 0 bridgehead atoms. The summed E-state index contributed by atoms with van der Waals surface area (Å²) < 4.78 is 5.61. The summed E-state index contributed by atoms with van der Waals surface area (Å²) in [6, 6.07) is 0. The topological polar surface area (TPSA) is 26.3 Å². The van der Waals surface area contributed by atoms with Crippen LogP contribution in [-0.2, 0) is 9.53 Å². The van der Waals surface area contributed by atoms with Crippen LogP contribution in [-0.4, -0.2) is 19.0 Å². The molecule has 0 spiro atoms. The van der Waals surface area contributed by atoms with Crippen molar-refractivity contribution in [3.8, 4) is 0 Å². The lowest BCUT2D eigenvalue weighted by Crippen LogP contribution is -2.38.